The Morgan fingerprint density at radius 1 is 1.40 bits per heavy atom. The molecule has 0 aliphatic rings. The average molecular weight is 290 g/mol. The maximum atomic E-state index is 11.1. The zero-order valence-corrected chi connectivity index (χ0v) is 12.4. The molecule has 20 heavy (non-hydrogen) atoms. The van der Waals surface area contributed by atoms with Crippen molar-refractivity contribution < 1.29 is 9.90 Å². The highest BCUT2D eigenvalue weighted by Gasteiger charge is 2.18. The van der Waals surface area contributed by atoms with Gasteiger partial charge in [0, 0.05) is 24.7 Å². The number of anilines is 1. The quantitative estimate of drug-likeness (QED) is 0.887. The Morgan fingerprint density at radius 3 is 2.65 bits per heavy atom. The van der Waals surface area contributed by atoms with Gasteiger partial charge in [0.15, 0.2) is 5.13 Å². The predicted molar refractivity (Wildman–Crippen MR) is 81.1 cm³/mol. The van der Waals surface area contributed by atoms with E-state index in [1.54, 1.807) is 13.1 Å². The van der Waals surface area contributed by atoms with E-state index in [0.717, 1.165) is 10.7 Å². The first-order chi connectivity index (χ1) is 9.56. The van der Waals surface area contributed by atoms with Gasteiger partial charge in [-0.05, 0) is 12.5 Å². The molecular formula is C15H18N2O2S. The van der Waals surface area contributed by atoms with E-state index in [0.29, 0.717) is 13.1 Å². The molecule has 0 fully saturated rings. The monoisotopic (exact) mass is 290 g/mol. The van der Waals surface area contributed by atoms with Crippen LogP contribution in [0, 0.1) is 12.8 Å². The van der Waals surface area contributed by atoms with Crippen molar-refractivity contribution in [3.8, 4) is 0 Å². The largest absolute Gasteiger partial charge is 0.481 e. The molecule has 0 bridgehead atoms. The van der Waals surface area contributed by atoms with Gasteiger partial charge in [-0.25, -0.2) is 4.98 Å². The zero-order valence-electron chi connectivity index (χ0n) is 11.6. The van der Waals surface area contributed by atoms with Crippen molar-refractivity contribution in [2.24, 2.45) is 5.92 Å². The van der Waals surface area contributed by atoms with Crippen molar-refractivity contribution in [1.29, 1.82) is 0 Å². The molecule has 1 N–H and O–H groups in total. The third-order valence-electron chi connectivity index (χ3n) is 3.10. The first kappa shape index (κ1) is 14.5. The fourth-order valence-corrected chi connectivity index (χ4v) is 2.56. The summed E-state index contributed by atoms with van der Waals surface area (Å²) in [4.78, 5) is 17.4. The van der Waals surface area contributed by atoms with E-state index in [1.165, 1.54) is 16.9 Å². The summed E-state index contributed by atoms with van der Waals surface area (Å²) in [6.45, 7) is 4.90. The average Bonchev–Trinajstić information content (AvgIpc) is 2.94. The van der Waals surface area contributed by atoms with Crippen LogP contribution in [0.25, 0.3) is 0 Å². The highest BCUT2D eigenvalue weighted by molar-refractivity contribution is 7.13. The van der Waals surface area contributed by atoms with Crippen LogP contribution in [0.3, 0.4) is 0 Å². The van der Waals surface area contributed by atoms with Crippen LogP contribution in [0.5, 0.6) is 0 Å². The minimum atomic E-state index is -0.782. The van der Waals surface area contributed by atoms with Gasteiger partial charge in [-0.2, -0.15) is 0 Å². The molecule has 0 radical (unpaired) electrons. The maximum Gasteiger partial charge on any atom is 0.308 e. The second-order valence-electron chi connectivity index (χ2n) is 4.92. The second-order valence-corrected chi connectivity index (χ2v) is 5.79. The van der Waals surface area contributed by atoms with Gasteiger partial charge in [0.2, 0.25) is 0 Å². The van der Waals surface area contributed by atoms with Crippen LogP contribution in [-0.2, 0) is 11.3 Å². The van der Waals surface area contributed by atoms with Crippen molar-refractivity contribution in [3.63, 3.8) is 0 Å². The van der Waals surface area contributed by atoms with Crippen LogP contribution in [0.15, 0.2) is 35.8 Å². The van der Waals surface area contributed by atoms with Crippen LogP contribution in [0.4, 0.5) is 5.13 Å². The molecule has 0 amide bonds. The Bertz CT molecular complexity index is 552. The summed E-state index contributed by atoms with van der Waals surface area (Å²) in [5.74, 6) is -1.21. The molecule has 2 rings (SSSR count). The molecular weight excluding hydrogens is 272 g/mol. The Kier molecular flexibility index (Phi) is 4.74. The molecule has 0 saturated heterocycles. The molecule has 0 aliphatic carbocycles. The smallest absolute Gasteiger partial charge is 0.308 e. The molecule has 1 aromatic heterocycles. The normalized spacial score (nSPS) is 12.1. The van der Waals surface area contributed by atoms with Crippen LogP contribution >= 0.6 is 11.3 Å². The third kappa shape index (κ3) is 3.81. The summed E-state index contributed by atoms with van der Waals surface area (Å²) >= 11 is 1.53. The van der Waals surface area contributed by atoms with Gasteiger partial charge in [0.25, 0.3) is 0 Å². The molecule has 1 aromatic carbocycles. The van der Waals surface area contributed by atoms with E-state index in [4.69, 9.17) is 5.11 Å². The van der Waals surface area contributed by atoms with Gasteiger partial charge in [-0.3, -0.25) is 4.79 Å². The van der Waals surface area contributed by atoms with Gasteiger partial charge >= 0.3 is 5.97 Å². The minimum Gasteiger partial charge on any atom is -0.481 e. The molecule has 0 spiro atoms. The first-order valence-electron chi connectivity index (χ1n) is 6.49. The number of carbonyl (C=O) groups is 1. The van der Waals surface area contributed by atoms with Gasteiger partial charge in [0.05, 0.1) is 5.92 Å². The molecule has 4 nitrogen and oxygen atoms in total. The standard InChI is InChI=1S/C15H18N2O2S/c1-11-3-5-13(6-4-11)10-17(9-12(2)14(18)19)15-16-7-8-20-15/h3-8,12H,9-10H2,1-2H3,(H,18,19). The van der Waals surface area contributed by atoms with Crippen molar-refractivity contribution in [2.45, 2.75) is 20.4 Å². The number of rotatable bonds is 6. The van der Waals surface area contributed by atoms with Gasteiger partial charge in [-0.1, -0.05) is 36.8 Å². The molecule has 1 unspecified atom stereocenters. The molecule has 106 valence electrons. The van der Waals surface area contributed by atoms with Gasteiger partial charge < -0.3 is 10.0 Å². The topological polar surface area (TPSA) is 53.4 Å². The number of hydrogen-bond donors (Lipinski definition) is 1. The van der Waals surface area contributed by atoms with Crippen LogP contribution in [0.2, 0.25) is 0 Å². The second kappa shape index (κ2) is 6.52. The molecule has 1 heterocycles. The number of carboxylic acid groups (broad SMARTS) is 1. The number of aromatic nitrogens is 1. The molecule has 0 aliphatic heterocycles. The molecule has 2 aromatic rings. The van der Waals surface area contributed by atoms with Crippen LogP contribution in [-0.4, -0.2) is 22.6 Å². The van der Waals surface area contributed by atoms with E-state index < -0.39 is 11.9 Å². The fraction of sp³-hybridized carbons (Fsp3) is 0.333. The summed E-state index contributed by atoms with van der Waals surface area (Å²) < 4.78 is 0. The lowest BCUT2D eigenvalue weighted by Gasteiger charge is -2.24. The number of nitrogens with zero attached hydrogens (tertiary/aromatic N) is 2. The summed E-state index contributed by atoms with van der Waals surface area (Å²) in [7, 11) is 0. The molecule has 5 heteroatoms. The minimum absolute atomic E-state index is 0.427. The fourth-order valence-electron chi connectivity index (χ4n) is 1.90. The number of carboxylic acids is 1. The zero-order chi connectivity index (χ0) is 14.5. The highest BCUT2D eigenvalue weighted by Crippen LogP contribution is 2.21. The maximum absolute atomic E-state index is 11.1. The van der Waals surface area contributed by atoms with E-state index >= 15 is 0 Å². The first-order valence-corrected chi connectivity index (χ1v) is 7.37. The van der Waals surface area contributed by atoms with E-state index in [1.807, 2.05) is 10.3 Å². The van der Waals surface area contributed by atoms with E-state index in [-0.39, 0.29) is 0 Å². The summed E-state index contributed by atoms with van der Waals surface area (Å²) in [6.07, 6.45) is 1.74. The van der Waals surface area contributed by atoms with Gasteiger partial charge in [-0.15, -0.1) is 11.3 Å². The molecule has 1 atom stereocenters. The number of benzene rings is 1. The van der Waals surface area contributed by atoms with Crippen molar-refractivity contribution in [3.05, 3.63) is 47.0 Å². The predicted octanol–water partition coefficient (Wildman–Crippen LogP) is 3.18. The Balaban J connectivity index is 2.14. The lowest BCUT2D eigenvalue weighted by Crippen LogP contribution is -2.31. The van der Waals surface area contributed by atoms with Crippen molar-refractivity contribution in [2.75, 3.05) is 11.4 Å². The lowest BCUT2D eigenvalue weighted by atomic mass is 10.1. The highest BCUT2D eigenvalue weighted by atomic mass is 32.1. The number of aryl methyl sites for hydroxylation is 1. The van der Waals surface area contributed by atoms with Crippen LogP contribution < -0.4 is 4.90 Å². The number of aliphatic carboxylic acids is 1. The van der Waals surface area contributed by atoms with E-state index in [9.17, 15) is 4.79 Å². The van der Waals surface area contributed by atoms with Crippen LogP contribution in [0.1, 0.15) is 18.1 Å². The number of thiazole rings is 1. The molecule has 0 saturated carbocycles. The van der Waals surface area contributed by atoms with Crippen molar-refractivity contribution in [1.82, 2.24) is 4.98 Å². The Hall–Kier alpha value is -1.88. The summed E-state index contributed by atoms with van der Waals surface area (Å²) in [5, 5.41) is 11.9. The van der Waals surface area contributed by atoms with Gasteiger partial charge in [0.1, 0.15) is 0 Å². The summed E-state index contributed by atoms with van der Waals surface area (Å²) in [6, 6.07) is 8.27. The number of hydrogen-bond acceptors (Lipinski definition) is 4. The van der Waals surface area contributed by atoms with E-state index in [2.05, 4.69) is 36.2 Å². The third-order valence-corrected chi connectivity index (χ3v) is 3.93. The lowest BCUT2D eigenvalue weighted by molar-refractivity contribution is -0.140. The van der Waals surface area contributed by atoms with Crippen molar-refractivity contribution >= 4 is 22.4 Å². The SMILES string of the molecule is Cc1ccc(CN(CC(C)C(=O)O)c2nccs2)cc1. The summed E-state index contributed by atoms with van der Waals surface area (Å²) in [5.41, 5.74) is 2.37. The Labute approximate surface area is 122 Å². The Morgan fingerprint density at radius 2 is 2.10 bits per heavy atom.